The second-order valence-electron chi connectivity index (χ2n) is 8.04. The summed E-state index contributed by atoms with van der Waals surface area (Å²) in [5, 5.41) is 12.2. The molecule has 0 spiro atoms. The Hall–Kier alpha value is -2.44. The Bertz CT molecular complexity index is 778. The Labute approximate surface area is 164 Å². The Morgan fingerprint density at radius 1 is 1.36 bits per heavy atom. The number of aliphatic carboxylic acids is 1. The van der Waals surface area contributed by atoms with Gasteiger partial charge in [-0.3, -0.25) is 9.79 Å². The van der Waals surface area contributed by atoms with E-state index in [0.717, 1.165) is 16.8 Å². The molecule has 0 unspecified atom stereocenters. The average Bonchev–Trinajstić information content (AvgIpc) is 2.62. The van der Waals surface area contributed by atoms with Gasteiger partial charge in [-0.25, -0.2) is 9.18 Å². The second kappa shape index (κ2) is 8.71. The number of nitrogens with zero attached hydrogens (tertiary/aromatic N) is 2. The number of fused-ring (bicyclic) bond motifs is 1. The molecule has 28 heavy (non-hydrogen) atoms. The molecule has 2 atom stereocenters. The van der Waals surface area contributed by atoms with Crippen LogP contribution in [-0.4, -0.2) is 53.4 Å². The maximum absolute atomic E-state index is 13.6. The first-order valence-corrected chi connectivity index (χ1v) is 9.93. The summed E-state index contributed by atoms with van der Waals surface area (Å²) in [5.74, 6) is -1.06. The van der Waals surface area contributed by atoms with Gasteiger partial charge in [0.15, 0.2) is 0 Å². The third-order valence-electron chi connectivity index (χ3n) is 5.55. The van der Waals surface area contributed by atoms with Gasteiger partial charge in [0.2, 0.25) is 0 Å². The number of urea groups is 1. The van der Waals surface area contributed by atoms with Crippen LogP contribution in [0.25, 0.3) is 0 Å². The highest BCUT2D eigenvalue weighted by Gasteiger charge is 2.34. The van der Waals surface area contributed by atoms with Crippen molar-refractivity contribution in [1.82, 2.24) is 10.2 Å². The van der Waals surface area contributed by atoms with Crippen molar-refractivity contribution in [3.63, 3.8) is 0 Å². The van der Waals surface area contributed by atoms with Crippen molar-refractivity contribution in [2.24, 2.45) is 16.8 Å². The van der Waals surface area contributed by atoms with Crippen molar-refractivity contribution in [2.75, 3.05) is 19.6 Å². The molecule has 6 nitrogen and oxygen atoms in total. The van der Waals surface area contributed by atoms with E-state index in [1.54, 1.807) is 17.0 Å². The van der Waals surface area contributed by atoms with Gasteiger partial charge in [0, 0.05) is 37.8 Å². The zero-order valence-corrected chi connectivity index (χ0v) is 16.4. The van der Waals surface area contributed by atoms with Crippen LogP contribution in [0.15, 0.2) is 23.2 Å². The number of nitrogens with one attached hydrogen (secondary N) is 1. The smallest absolute Gasteiger partial charge is 0.317 e. The summed E-state index contributed by atoms with van der Waals surface area (Å²) in [4.78, 5) is 30.2. The number of carbonyl (C=O) groups is 2. The van der Waals surface area contributed by atoms with Gasteiger partial charge in [-0.2, -0.15) is 0 Å². The van der Waals surface area contributed by atoms with E-state index in [1.807, 2.05) is 13.8 Å². The fourth-order valence-electron chi connectivity index (χ4n) is 4.20. The SMILES string of the molecule is CC(C)NC(=O)N1CC[C@@H](CC(=O)O)[C@@H](CC2=NCCc3cc(F)ccc32)C1. The lowest BCUT2D eigenvalue weighted by Gasteiger charge is -2.39. The first kappa shape index (κ1) is 20.3. The zero-order chi connectivity index (χ0) is 20.3. The molecule has 1 aromatic carbocycles. The highest BCUT2D eigenvalue weighted by atomic mass is 19.1. The summed E-state index contributed by atoms with van der Waals surface area (Å²) in [6, 6.07) is 4.70. The molecule has 1 fully saturated rings. The minimum absolute atomic E-state index is 0.00544. The number of carboxylic acid groups (broad SMARTS) is 1. The highest BCUT2D eigenvalue weighted by molar-refractivity contribution is 6.02. The number of benzene rings is 1. The fourth-order valence-corrected chi connectivity index (χ4v) is 4.20. The van der Waals surface area contributed by atoms with Gasteiger partial charge in [-0.1, -0.05) is 0 Å². The molecule has 2 aliphatic heterocycles. The number of carbonyl (C=O) groups excluding carboxylic acids is 1. The molecular weight excluding hydrogens is 361 g/mol. The van der Waals surface area contributed by atoms with E-state index in [4.69, 9.17) is 0 Å². The fraction of sp³-hybridized carbons (Fsp3) is 0.571. The number of aliphatic imine (C=N–C) groups is 1. The number of piperidine rings is 1. The first-order chi connectivity index (χ1) is 13.3. The second-order valence-corrected chi connectivity index (χ2v) is 8.04. The number of carboxylic acids is 1. The molecule has 0 radical (unpaired) electrons. The summed E-state index contributed by atoms with van der Waals surface area (Å²) in [6.07, 6.45) is 2.06. The predicted molar refractivity (Wildman–Crippen MR) is 105 cm³/mol. The van der Waals surface area contributed by atoms with E-state index in [2.05, 4.69) is 10.3 Å². The minimum Gasteiger partial charge on any atom is -0.481 e. The van der Waals surface area contributed by atoms with Crippen LogP contribution < -0.4 is 5.32 Å². The molecule has 7 heteroatoms. The molecule has 2 aliphatic rings. The molecule has 0 aromatic heterocycles. The molecule has 1 saturated heterocycles. The standard InChI is InChI=1S/C21H28FN3O3/c1-13(2)24-21(28)25-8-6-14(11-20(26)27)16(12-25)10-19-18-4-3-17(22)9-15(18)5-7-23-19/h3-4,9,13-14,16H,5-8,10-12H2,1-2H3,(H,24,28)(H,26,27)/t14-,16-/m0/s1. The molecule has 152 valence electrons. The number of likely N-dealkylation sites (tertiary alicyclic amines) is 1. The Morgan fingerprint density at radius 2 is 2.14 bits per heavy atom. The van der Waals surface area contributed by atoms with Crippen LogP contribution in [0.1, 0.15) is 44.2 Å². The van der Waals surface area contributed by atoms with E-state index in [-0.39, 0.29) is 36.1 Å². The van der Waals surface area contributed by atoms with E-state index < -0.39 is 5.97 Å². The van der Waals surface area contributed by atoms with Gasteiger partial charge in [-0.15, -0.1) is 0 Å². The van der Waals surface area contributed by atoms with Crippen molar-refractivity contribution >= 4 is 17.7 Å². The molecule has 3 rings (SSSR count). The molecule has 2 heterocycles. The summed E-state index contributed by atoms with van der Waals surface area (Å²) in [6.45, 7) is 5.51. The highest BCUT2D eigenvalue weighted by Crippen LogP contribution is 2.32. The van der Waals surface area contributed by atoms with Crippen LogP contribution in [0.5, 0.6) is 0 Å². The van der Waals surface area contributed by atoms with Gasteiger partial charge < -0.3 is 15.3 Å². The monoisotopic (exact) mass is 389 g/mol. The van der Waals surface area contributed by atoms with Crippen molar-refractivity contribution < 1.29 is 19.1 Å². The molecule has 0 aliphatic carbocycles. The molecule has 0 saturated carbocycles. The molecule has 1 aromatic rings. The first-order valence-electron chi connectivity index (χ1n) is 9.93. The van der Waals surface area contributed by atoms with E-state index in [1.165, 1.54) is 6.07 Å². The lowest BCUT2D eigenvalue weighted by molar-refractivity contribution is -0.138. The number of hydrogen-bond donors (Lipinski definition) is 2. The van der Waals surface area contributed by atoms with Crippen LogP contribution in [0, 0.1) is 17.7 Å². The van der Waals surface area contributed by atoms with Crippen molar-refractivity contribution in [3.8, 4) is 0 Å². The van der Waals surface area contributed by atoms with Gasteiger partial charge in [0.25, 0.3) is 0 Å². The topological polar surface area (TPSA) is 82.0 Å². The quantitative estimate of drug-likeness (QED) is 0.812. The van der Waals surface area contributed by atoms with Crippen molar-refractivity contribution in [1.29, 1.82) is 0 Å². The third-order valence-corrected chi connectivity index (χ3v) is 5.55. The number of rotatable bonds is 5. The maximum atomic E-state index is 13.6. The van der Waals surface area contributed by atoms with E-state index in [9.17, 15) is 19.1 Å². The van der Waals surface area contributed by atoms with Gasteiger partial charge in [0.1, 0.15) is 5.82 Å². The summed E-state index contributed by atoms with van der Waals surface area (Å²) >= 11 is 0. The Morgan fingerprint density at radius 3 is 2.86 bits per heavy atom. The number of hydrogen-bond acceptors (Lipinski definition) is 3. The van der Waals surface area contributed by atoms with E-state index in [0.29, 0.717) is 38.9 Å². The van der Waals surface area contributed by atoms with Crippen molar-refractivity contribution in [2.45, 2.75) is 45.6 Å². The number of amides is 2. The van der Waals surface area contributed by atoms with Gasteiger partial charge >= 0.3 is 12.0 Å². The summed E-state index contributed by atoms with van der Waals surface area (Å²) < 4.78 is 13.6. The van der Waals surface area contributed by atoms with Gasteiger partial charge in [0.05, 0.1) is 0 Å². The largest absolute Gasteiger partial charge is 0.481 e. The van der Waals surface area contributed by atoms with Crippen LogP contribution in [-0.2, 0) is 11.2 Å². The van der Waals surface area contributed by atoms with Crippen LogP contribution in [0.3, 0.4) is 0 Å². The predicted octanol–water partition coefficient (Wildman–Crippen LogP) is 3.09. The van der Waals surface area contributed by atoms with E-state index >= 15 is 0 Å². The van der Waals surface area contributed by atoms with Crippen molar-refractivity contribution in [3.05, 3.63) is 35.1 Å². The number of halogens is 1. The average molecular weight is 389 g/mol. The maximum Gasteiger partial charge on any atom is 0.317 e. The molecule has 2 N–H and O–H groups in total. The molecule has 2 amide bonds. The molecular formula is C21H28FN3O3. The van der Waals surface area contributed by atoms with Crippen LogP contribution in [0.4, 0.5) is 9.18 Å². The van der Waals surface area contributed by atoms with Crippen LogP contribution in [0.2, 0.25) is 0 Å². The minimum atomic E-state index is -0.817. The Kier molecular flexibility index (Phi) is 6.31. The lowest BCUT2D eigenvalue weighted by atomic mass is 9.78. The van der Waals surface area contributed by atoms with Crippen LogP contribution >= 0.6 is 0 Å². The summed E-state index contributed by atoms with van der Waals surface area (Å²) in [5.41, 5.74) is 2.79. The van der Waals surface area contributed by atoms with Gasteiger partial charge in [-0.05, 0) is 74.3 Å². The normalized spacial score (nSPS) is 21.9. The lowest BCUT2D eigenvalue weighted by Crippen LogP contribution is -2.50. The summed E-state index contributed by atoms with van der Waals surface area (Å²) in [7, 11) is 0. The third kappa shape index (κ3) is 4.88. The zero-order valence-electron chi connectivity index (χ0n) is 16.4. The Balaban J connectivity index is 1.78. The molecule has 0 bridgehead atoms.